The molecule has 0 amide bonds. The van der Waals surface area contributed by atoms with Gasteiger partial charge in [0.1, 0.15) is 5.75 Å². The first-order valence-electron chi connectivity index (χ1n) is 6.65. The van der Waals surface area contributed by atoms with E-state index in [0.717, 1.165) is 28.9 Å². The Hall–Kier alpha value is -0.990. The molecule has 1 unspecified atom stereocenters. The van der Waals surface area contributed by atoms with Crippen molar-refractivity contribution in [3.8, 4) is 5.75 Å². The third-order valence-corrected chi connectivity index (χ3v) is 4.65. The molecular formula is C17H18BrClO. The highest BCUT2D eigenvalue weighted by Gasteiger charge is 2.11. The van der Waals surface area contributed by atoms with E-state index in [4.69, 9.17) is 16.3 Å². The first-order valence-corrected chi connectivity index (χ1v) is 8.15. The monoisotopic (exact) mass is 352 g/mol. The van der Waals surface area contributed by atoms with Crippen molar-refractivity contribution in [2.45, 2.75) is 12.8 Å². The highest BCUT2D eigenvalue weighted by atomic mass is 79.9. The Kier molecular flexibility index (Phi) is 5.93. The van der Waals surface area contributed by atoms with Gasteiger partial charge in [-0.25, -0.2) is 0 Å². The van der Waals surface area contributed by atoms with Crippen molar-refractivity contribution in [1.82, 2.24) is 0 Å². The molecule has 0 bridgehead atoms. The number of hydrogen-bond donors (Lipinski definition) is 0. The minimum Gasteiger partial charge on any atom is -0.497 e. The maximum Gasteiger partial charge on any atom is 0.118 e. The van der Waals surface area contributed by atoms with Crippen LogP contribution in [0.1, 0.15) is 11.1 Å². The molecule has 2 rings (SSSR count). The zero-order chi connectivity index (χ0) is 14.4. The van der Waals surface area contributed by atoms with Gasteiger partial charge in [0.25, 0.3) is 0 Å². The number of rotatable bonds is 6. The first-order chi connectivity index (χ1) is 9.72. The van der Waals surface area contributed by atoms with E-state index in [2.05, 4.69) is 34.1 Å². The van der Waals surface area contributed by atoms with Gasteiger partial charge < -0.3 is 4.74 Å². The standard InChI is InChI=1S/C17H18BrClO/c1-20-16-8-6-13(7-9-16)10-14(12-18)11-15-4-2-3-5-17(15)19/h2-9,14H,10-12H2,1H3. The zero-order valence-corrected chi connectivity index (χ0v) is 13.8. The molecule has 0 aliphatic rings. The number of methoxy groups -OCH3 is 1. The minimum absolute atomic E-state index is 0.531. The summed E-state index contributed by atoms with van der Waals surface area (Å²) in [4.78, 5) is 0. The lowest BCUT2D eigenvalue weighted by molar-refractivity contribution is 0.414. The van der Waals surface area contributed by atoms with E-state index in [1.165, 1.54) is 11.1 Å². The molecule has 2 aromatic rings. The second-order valence-corrected chi connectivity index (χ2v) is 5.92. The summed E-state index contributed by atoms with van der Waals surface area (Å²) in [6.45, 7) is 0. The SMILES string of the molecule is COc1ccc(CC(CBr)Cc2ccccc2Cl)cc1. The Labute approximate surface area is 134 Å². The van der Waals surface area contributed by atoms with Crippen molar-refractivity contribution in [1.29, 1.82) is 0 Å². The van der Waals surface area contributed by atoms with Crippen molar-refractivity contribution in [3.63, 3.8) is 0 Å². The van der Waals surface area contributed by atoms with Crippen LogP contribution in [0, 0.1) is 5.92 Å². The van der Waals surface area contributed by atoms with Gasteiger partial charge in [0, 0.05) is 10.4 Å². The summed E-state index contributed by atoms with van der Waals surface area (Å²) in [6.07, 6.45) is 2.01. The van der Waals surface area contributed by atoms with Crippen LogP contribution in [0.15, 0.2) is 48.5 Å². The molecule has 0 fully saturated rings. The Bertz CT molecular complexity index is 539. The van der Waals surface area contributed by atoms with Gasteiger partial charge in [0.05, 0.1) is 7.11 Å². The number of ether oxygens (including phenoxy) is 1. The van der Waals surface area contributed by atoms with Crippen LogP contribution < -0.4 is 4.74 Å². The zero-order valence-electron chi connectivity index (χ0n) is 11.5. The quantitative estimate of drug-likeness (QED) is 0.653. The molecule has 0 aliphatic heterocycles. The van der Waals surface area contributed by atoms with Crippen LogP contribution in [0.25, 0.3) is 0 Å². The molecule has 106 valence electrons. The molecule has 0 radical (unpaired) electrons. The molecule has 3 heteroatoms. The Morgan fingerprint density at radius 2 is 1.75 bits per heavy atom. The van der Waals surface area contributed by atoms with Gasteiger partial charge in [-0.1, -0.05) is 57.9 Å². The lowest BCUT2D eigenvalue weighted by atomic mass is 9.94. The fourth-order valence-corrected chi connectivity index (χ4v) is 2.92. The minimum atomic E-state index is 0.531. The van der Waals surface area contributed by atoms with Crippen molar-refractivity contribution >= 4 is 27.5 Å². The largest absolute Gasteiger partial charge is 0.497 e. The van der Waals surface area contributed by atoms with E-state index >= 15 is 0 Å². The highest BCUT2D eigenvalue weighted by molar-refractivity contribution is 9.09. The number of benzene rings is 2. The maximum absolute atomic E-state index is 6.24. The van der Waals surface area contributed by atoms with Crippen LogP contribution in [0.4, 0.5) is 0 Å². The molecule has 0 saturated heterocycles. The second kappa shape index (κ2) is 7.70. The Morgan fingerprint density at radius 1 is 1.05 bits per heavy atom. The average Bonchev–Trinajstić information content (AvgIpc) is 2.49. The van der Waals surface area contributed by atoms with Gasteiger partial charge in [-0.2, -0.15) is 0 Å². The van der Waals surface area contributed by atoms with Crippen LogP contribution in [0.5, 0.6) is 5.75 Å². The molecule has 0 spiro atoms. The molecular weight excluding hydrogens is 336 g/mol. The van der Waals surface area contributed by atoms with Gasteiger partial charge in [-0.05, 0) is 48.1 Å². The molecule has 2 aromatic carbocycles. The van der Waals surface area contributed by atoms with E-state index in [1.54, 1.807) is 7.11 Å². The van der Waals surface area contributed by atoms with E-state index in [1.807, 2.05) is 30.3 Å². The molecule has 0 heterocycles. The fraction of sp³-hybridized carbons (Fsp3) is 0.294. The van der Waals surface area contributed by atoms with E-state index in [0.29, 0.717) is 5.92 Å². The molecule has 20 heavy (non-hydrogen) atoms. The summed E-state index contributed by atoms with van der Waals surface area (Å²) < 4.78 is 5.19. The third kappa shape index (κ3) is 4.26. The smallest absolute Gasteiger partial charge is 0.118 e. The summed E-state index contributed by atoms with van der Waals surface area (Å²) in [7, 11) is 1.69. The van der Waals surface area contributed by atoms with Gasteiger partial charge >= 0.3 is 0 Å². The molecule has 0 aliphatic carbocycles. The lowest BCUT2D eigenvalue weighted by Gasteiger charge is -2.15. The molecule has 0 aromatic heterocycles. The van der Waals surface area contributed by atoms with Crippen molar-refractivity contribution < 1.29 is 4.74 Å². The predicted molar refractivity (Wildman–Crippen MR) is 89.1 cm³/mol. The van der Waals surface area contributed by atoms with Crippen LogP contribution in [-0.4, -0.2) is 12.4 Å². The summed E-state index contributed by atoms with van der Waals surface area (Å²) in [5.74, 6) is 1.43. The van der Waals surface area contributed by atoms with Gasteiger partial charge in [0.15, 0.2) is 0 Å². The highest BCUT2D eigenvalue weighted by Crippen LogP contribution is 2.23. The van der Waals surface area contributed by atoms with Crippen LogP contribution >= 0.6 is 27.5 Å². The second-order valence-electron chi connectivity index (χ2n) is 4.87. The summed E-state index contributed by atoms with van der Waals surface area (Å²) in [5.41, 5.74) is 2.54. The van der Waals surface area contributed by atoms with Crippen molar-refractivity contribution in [2.24, 2.45) is 5.92 Å². The van der Waals surface area contributed by atoms with Crippen molar-refractivity contribution in [2.75, 3.05) is 12.4 Å². The number of alkyl halides is 1. The van der Waals surface area contributed by atoms with Gasteiger partial charge in [-0.3, -0.25) is 0 Å². The first kappa shape index (κ1) is 15.4. The van der Waals surface area contributed by atoms with Gasteiger partial charge in [0.2, 0.25) is 0 Å². The van der Waals surface area contributed by atoms with E-state index in [9.17, 15) is 0 Å². The third-order valence-electron chi connectivity index (χ3n) is 3.37. The predicted octanol–water partition coefficient (Wildman–Crippen LogP) is 5.14. The maximum atomic E-state index is 6.24. The fourth-order valence-electron chi connectivity index (χ4n) is 2.25. The molecule has 0 saturated carbocycles. The van der Waals surface area contributed by atoms with Crippen molar-refractivity contribution in [3.05, 3.63) is 64.7 Å². The van der Waals surface area contributed by atoms with Gasteiger partial charge in [-0.15, -0.1) is 0 Å². The van der Waals surface area contributed by atoms with E-state index in [-0.39, 0.29) is 0 Å². The molecule has 0 N–H and O–H groups in total. The summed E-state index contributed by atoms with van der Waals surface area (Å²) in [5, 5.41) is 1.82. The molecule has 1 nitrogen and oxygen atoms in total. The lowest BCUT2D eigenvalue weighted by Crippen LogP contribution is -2.10. The van der Waals surface area contributed by atoms with Crippen LogP contribution in [0.2, 0.25) is 5.02 Å². The number of hydrogen-bond acceptors (Lipinski definition) is 1. The van der Waals surface area contributed by atoms with Crippen LogP contribution in [0.3, 0.4) is 0 Å². The summed E-state index contributed by atoms with van der Waals surface area (Å²) >= 11 is 9.85. The average molecular weight is 354 g/mol. The Balaban J connectivity index is 2.03. The topological polar surface area (TPSA) is 9.23 Å². The number of halogens is 2. The van der Waals surface area contributed by atoms with E-state index < -0.39 is 0 Å². The van der Waals surface area contributed by atoms with Crippen LogP contribution in [-0.2, 0) is 12.8 Å². The molecule has 1 atom stereocenters. The Morgan fingerprint density at radius 3 is 2.35 bits per heavy atom. The summed E-state index contributed by atoms with van der Waals surface area (Å²) in [6, 6.07) is 16.3. The normalized spacial score (nSPS) is 12.2.